The summed E-state index contributed by atoms with van der Waals surface area (Å²) in [6.07, 6.45) is 6.69. The van der Waals surface area contributed by atoms with Crippen LogP contribution in [0.3, 0.4) is 0 Å². The highest BCUT2D eigenvalue weighted by Gasteiger charge is 2.37. The Hall–Kier alpha value is -0.610. The van der Waals surface area contributed by atoms with Crippen molar-refractivity contribution in [3.63, 3.8) is 0 Å². The van der Waals surface area contributed by atoms with Gasteiger partial charge in [0.15, 0.2) is 0 Å². The first-order chi connectivity index (χ1) is 9.56. The number of likely N-dealkylation sites (tertiary alicyclic amines) is 1. The summed E-state index contributed by atoms with van der Waals surface area (Å²) in [5, 5.41) is 3.16. The van der Waals surface area contributed by atoms with Gasteiger partial charge in [0.25, 0.3) is 0 Å². The molecule has 1 heterocycles. The number of hydrogen-bond acceptors (Lipinski definition) is 3. The number of carbonyl (C=O) groups excluding carboxylic acids is 1. The van der Waals surface area contributed by atoms with Gasteiger partial charge in [-0.2, -0.15) is 0 Å². The highest BCUT2D eigenvalue weighted by atomic mass is 16.1. The summed E-state index contributed by atoms with van der Waals surface area (Å²) in [5.41, 5.74) is 5.95. The lowest BCUT2D eigenvalue weighted by atomic mass is 9.66. The van der Waals surface area contributed by atoms with Crippen molar-refractivity contribution in [1.29, 1.82) is 0 Å². The van der Waals surface area contributed by atoms with Crippen LogP contribution >= 0.6 is 0 Å². The number of nitrogens with zero attached hydrogens (tertiary/aromatic N) is 1. The maximum atomic E-state index is 12.2. The number of nitrogens with one attached hydrogen (secondary N) is 1. The van der Waals surface area contributed by atoms with Crippen LogP contribution in [0.15, 0.2) is 0 Å². The molecule has 1 saturated carbocycles. The van der Waals surface area contributed by atoms with Crippen molar-refractivity contribution in [2.75, 3.05) is 26.2 Å². The molecule has 4 nitrogen and oxygen atoms in total. The fourth-order valence-corrected chi connectivity index (χ4v) is 3.61. The molecule has 0 spiro atoms. The van der Waals surface area contributed by atoms with E-state index in [1.807, 2.05) is 0 Å². The van der Waals surface area contributed by atoms with E-state index in [-0.39, 0.29) is 11.3 Å². The molecule has 0 aromatic rings. The first-order valence-electron chi connectivity index (χ1n) is 8.27. The molecule has 0 aromatic carbocycles. The van der Waals surface area contributed by atoms with Gasteiger partial charge in [-0.25, -0.2) is 0 Å². The summed E-state index contributed by atoms with van der Waals surface area (Å²) < 4.78 is 0. The van der Waals surface area contributed by atoms with Gasteiger partial charge in [-0.1, -0.05) is 20.3 Å². The van der Waals surface area contributed by atoms with Crippen LogP contribution in [0.4, 0.5) is 0 Å². The Kier molecular flexibility index (Phi) is 5.44. The average Bonchev–Trinajstić information content (AvgIpc) is 2.87. The van der Waals surface area contributed by atoms with Crippen LogP contribution in [-0.2, 0) is 4.79 Å². The lowest BCUT2D eigenvalue weighted by molar-refractivity contribution is -0.125. The lowest BCUT2D eigenvalue weighted by Crippen LogP contribution is -2.47. The van der Waals surface area contributed by atoms with Crippen LogP contribution in [0, 0.1) is 11.3 Å². The van der Waals surface area contributed by atoms with Gasteiger partial charge >= 0.3 is 0 Å². The maximum Gasteiger partial charge on any atom is 0.220 e. The first kappa shape index (κ1) is 15.8. The van der Waals surface area contributed by atoms with Gasteiger partial charge in [0, 0.05) is 19.0 Å². The summed E-state index contributed by atoms with van der Waals surface area (Å²) in [5.74, 6) is 0.778. The van der Waals surface area contributed by atoms with E-state index in [0.717, 1.165) is 19.4 Å². The van der Waals surface area contributed by atoms with Crippen molar-refractivity contribution in [3.05, 3.63) is 0 Å². The summed E-state index contributed by atoms with van der Waals surface area (Å²) in [7, 11) is 0. The van der Waals surface area contributed by atoms with Gasteiger partial charge in [-0.05, 0) is 56.7 Å². The molecule has 4 heteroatoms. The fraction of sp³-hybridized carbons (Fsp3) is 0.938. The van der Waals surface area contributed by atoms with E-state index in [2.05, 4.69) is 24.1 Å². The normalized spacial score (nSPS) is 23.6. The van der Waals surface area contributed by atoms with Crippen molar-refractivity contribution in [1.82, 2.24) is 10.2 Å². The molecule has 0 bridgehead atoms. The van der Waals surface area contributed by atoms with Crippen LogP contribution in [0.2, 0.25) is 0 Å². The summed E-state index contributed by atoms with van der Waals surface area (Å²) >= 11 is 0. The van der Waals surface area contributed by atoms with Crippen LogP contribution in [-0.4, -0.2) is 43.0 Å². The molecular formula is C16H31N3O. The molecule has 1 unspecified atom stereocenters. The van der Waals surface area contributed by atoms with Crippen molar-refractivity contribution < 1.29 is 4.79 Å². The second-order valence-electron chi connectivity index (χ2n) is 7.09. The van der Waals surface area contributed by atoms with Crippen LogP contribution < -0.4 is 11.1 Å². The van der Waals surface area contributed by atoms with E-state index in [0.29, 0.717) is 24.9 Å². The Morgan fingerprint density at radius 1 is 1.25 bits per heavy atom. The van der Waals surface area contributed by atoms with E-state index in [9.17, 15) is 4.79 Å². The van der Waals surface area contributed by atoms with Crippen molar-refractivity contribution in [2.45, 2.75) is 58.4 Å². The van der Waals surface area contributed by atoms with E-state index in [1.165, 1.54) is 32.4 Å². The molecule has 0 aromatic heterocycles. The Morgan fingerprint density at radius 2 is 1.90 bits per heavy atom. The van der Waals surface area contributed by atoms with Gasteiger partial charge in [0.05, 0.1) is 0 Å². The predicted molar refractivity (Wildman–Crippen MR) is 82.4 cm³/mol. The molecule has 1 atom stereocenters. The molecule has 2 aliphatic rings. The smallest absolute Gasteiger partial charge is 0.220 e. The molecule has 0 radical (unpaired) electrons. The monoisotopic (exact) mass is 281 g/mol. The first-order valence-corrected chi connectivity index (χ1v) is 8.27. The molecule has 2 rings (SSSR count). The van der Waals surface area contributed by atoms with Crippen LogP contribution in [0.25, 0.3) is 0 Å². The molecule has 20 heavy (non-hydrogen) atoms. The van der Waals surface area contributed by atoms with Gasteiger partial charge in [0.2, 0.25) is 5.91 Å². The number of amides is 1. The Balaban J connectivity index is 1.78. The second-order valence-corrected chi connectivity index (χ2v) is 7.09. The zero-order chi connectivity index (χ0) is 14.6. The predicted octanol–water partition coefficient (Wildman–Crippen LogP) is 1.74. The van der Waals surface area contributed by atoms with E-state index in [4.69, 9.17) is 5.73 Å². The minimum atomic E-state index is 0.116. The van der Waals surface area contributed by atoms with Crippen molar-refractivity contribution in [2.24, 2.45) is 17.1 Å². The van der Waals surface area contributed by atoms with E-state index >= 15 is 0 Å². The van der Waals surface area contributed by atoms with Crippen LogP contribution in [0.1, 0.15) is 52.4 Å². The molecular weight excluding hydrogens is 250 g/mol. The molecule has 1 aliphatic heterocycles. The zero-order valence-corrected chi connectivity index (χ0v) is 13.2. The van der Waals surface area contributed by atoms with E-state index < -0.39 is 0 Å². The second kappa shape index (κ2) is 6.90. The minimum absolute atomic E-state index is 0.116. The highest BCUT2D eigenvalue weighted by molar-refractivity contribution is 5.76. The SMILES string of the molecule is CC(C)C(CNC(=O)CC1(CN)CCC1)N1CCCC1. The standard InChI is InChI=1S/C16H31N3O/c1-13(2)14(19-8-3-4-9-19)11-18-15(20)10-16(12-17)6-5-7-16/h13-14H,3-12,17H2,1-2H3,(H,18,20). The summed E-state index contributed by atoms with van der Waals surface area (Å²) in [4.78, 5) is 14.7. The largest absolute Gasteiger partial charge is 0.355 e. The van der Waals surface area contributed by atoms with E-state index in [1.54, 1.807) is 0 Å². The minimum Gasteiger partial charge on any atom is -0.355 e. The third-order valence-corrected chi connectivity index (χ3v) is 5.27. The average molecular weight is 281 g/mol. The number of rotatable bonds is 7. The zero-order valence-electron chi connectivity index (χ0n) is 13.2. The third kappa shape index (κ3) is 3.73. The molecule has 1 saturated heterocycles. The topological polar surface area (TPSA) is 58.4 Å². The summed E-state index contributed by atoms with van der Waals surface area (Å²) in [6.45, 7) is 8.32. The molecule has 1 amide bonds. The third-order valence-electron chi connectivity index (χ3n) is 5.27. The van der Waals surface area contributed by atoms with Gasteiger partial charge in [-0.3, -0.25) is 9.69 Å². The quantitative estimate of drug-likeness (QED) is 0.747. The molecule has 116 valence electrons. The molecule has 3 N–H and O–H groups in total. The molecule has 1 aliphatic carbocycles. The Bertz CT molecular complexity index is 314. The van der Waals surface area contributed by atoms with Gasteiger partial charge in [0.1, 0.15) is 0 Å². The van der Waals surface area contributed by atoms with Crippen molar-refractivity contribution in [3.8, 4) is 0 Å². The summed E-state index contributed by atoms with van der Waals surface area (Å²) in [6, 6.07) is 0.483. The Morgan fingerprint density at radius 3 is 2.35 bits per heavy atom. The fourth-order valence-electron chi connectivity index (χ4n) is 3.61. The number of carbonyl (C=O) groups is 1. The Labute approximate surface area is 123 Å². The number of nitrogens with two attached hydrogens (primary N) is 1. The van der Waals surface area contributed by atoms with Crippen LogP contribution in [0.5, 0.6) is 0 Å². The highest BCUT2D eigenvalue weighted by Crippen LogP contribution is 2.42. The van der Waals surface area contributed by atoms with Crippen molar-refractivity contribution >= 4 is 5.91 Å². The lowest BCUT2D eigenvalue weighted by Gasteiger charge is -2.40. The molecule has 2 fully saturated rings. The van der Waals surface area contributed by atoms with Gasteiger partial charge < -0.3 is 11.1 Å². The maximum absolute atomic E-state index is 12.2. The number of hydrogen-bond donors (Lipinski definition) is 2. The van der Waals surface area contributed by atoms with Gasteiger partial charge in [-0.15, -0.1) is 0 Å².